The fourth-order valence-corrected chi connectivity index (χ4v) is 3.72. The fourth-order valence-electron chi connectivity index (χ4n) is 3.72. The zero-order chi connectivity index (χ0) is 22.9. The first-order valence-corrected chi connectivity index (χ1v) is 11.4. The van der Waals surface area contributed by atoms with Gasteiger partial charge in [0.15, 0.2) is 11.6 Å². The second-order valence-electron chi connectivity index (χ2n) is 8.27. The lowest BCUT2D eigenvalue weighted by Gasteiger charge is -2.10. The van der Waals surface area contributed by atoms with Crippen molar-refractivity contribution in [3.8, 4) is 16.9 Å². The van der Waals surface area contributed by atoms with Crippen LogP contribution in [0.5, 0.6) is 5.75 Å². The number of rotatable bonds is 11. The van der Waals surface area contributed by atoms with E-state index in [1.54, 1.807) is 31.2 Å². The molecule has 0 spiro atoms. The predicted octanol–water partition coefficient (Wildman–Crippen LogP) is 8.21. The molecule has 0 radical (unpaired) electrons. The van der Waals surface area contributed by atoms with Crippen molar-refractivity contribution in [2.45, 2.75) is 58.8 Å². The van der Waals surface area contributed by atoms with E-state index in [2.05, 4.69) is 6.92 Å². The average molecular weight is 441 g/mol. The number of benzene rings is 3. The SMILES string of the molecule is CCCCCCCOc1ccc(-c2ccc(CCc3ccc(C)c(F)c3F)cc2)c(F)c1. The molecular formula is C28H31F3O. The van der Waals surface area contributed by atoms with E-state index in [4.69, 9.17) is 4.74 Å². The van der Waals surface area contributed by atoms with Crippen LogP contribution in [0.1, 0.15) is 55.7 Å². The molecular weight excluding hydrogens is 409 g/mol. The maximum absolute atomic E-state index is 14.6. The van der Waals surface area contributed by atoms with Crippen molar-refractivity contribution in [3.63, 3.8) is 0 Å². The first-order valence-electron chi connectivity index (χ1n) is 11.4. The molecule has 3 aromatic carbocycles. The van der Waals surface area contributed by atoms with Crippen molar-refractivity contribution >= 4 is 0 Å². The van der Waals surface area contributed by atoms with Gasteiger partial charge in [0.1, 0.15) is 11.6 Å². The lowest BCUT2D eigenvalue weighted by Crippen LogP contribution is -1.99. The fraction of sp³-hybridized carbons (Fsp3) is 0.357. The van der Waals surface area contributed by atoms with E-state index in [1.807, 2.05) is 24.3 Å². The summed E-state index contributed by atoms with van der Waals surface area (Å²) in [4.78, 5) is 0. The number of hydrogen-bond acceptors (Lipinski definition) is 1. The number of aryl methyl sites for hydroxylation is 3. The van der Waals surface area contributed by atoms with Crippen molar-refractivity contribution in [1.29, 1.82) is 0 Å². The van der Waals surface area contributed by atoms with E-state index < -0.39 is 11.6 Å². The predicted molar refractivity (Wildman–Crippen MR) is 125 cm³/mol. The summed E-state index contributed by atoms with van der Waals surface area (Å²) in [5.74, 6) is -1.33. The van der Waals surface area contributed by atoms with Gasteiger partial charge in [-0.1, -0.05) is 69.0 Å². The maximum Gasteiger partial charge on any atom is 0.162 e. The minimum atomic E-state index is -0.780. The lowest BCUT2D eigenvalue weighted by molar-refractivity contribution is 0.303. The van der Waals surface area contributed by atoms with E-state index in [9.17, 15) is 13.2 Å². The Bertz CT molecular complexity index is 1010. The summed E-state index contributed by atoms with van der Waals surface area (Å²) in [7, 11) is 0. The summed E-state index contributed by atoms with van der Waals surface area (Å²) in [5, 5.41) is 0. The normalized spacial score (nSPS) is 11.0. The molecule has 0 amide bonds. The minimum absolute atomic E-state index is 0.307. The number of ether oxygens (including phenoxy) is 1. The zero-order valence-corrected chi connectivity index (χ0v) is 18.9. The van der Waals surface area contributed by atoms with Crippen LogP contribution in [0.25, 0.3) is 11.1 Å². The molecule has 170 valence electrons. The van der Waals surface area contributed by atoms with Crippen molar-refractivity contribution in [3.05, 3.63) is 88.7 Å². The third-order valence-corrected chi connectivity index (χ3v) is 5.76. The van der Waals surface area contributed by atoms with E-state index >= 15 is 0 Å². The molecule has 1 nitrogen and oxygen atoms in total. The van der Waals surface area contributed by atoms with Gasteiger partial charge < -0.3 is 4.74 Å². The van der Waals surface area contributed by atoms with Gasteiger partial charge in [-0.05, 0) is 60.6 Å². The number of hydrogen-bond donors (Lipinski definition) is 0. The van der Waals surface area contributed by atoms with E-state index in [0.29, 0.717) is 41.9 Å². The maximum atomic E-state index is 14.6. The quantitative estimate of drug-likeness (QED) is 0.273. The molecule has 0 atom stereocenters. The van der Waals surface area contributed by atoms with Gasteiger partial charge in [0, 0.05) is 11.6 Å². The van der Waals surface area contributed by atoms with Crippen LogP contribution >= 0.6 is 0 Å². The highest BCUT2D eigenvalue weighted by Crippen LogP contribution is 2.27. The second-order valence-corrected chi connectivity index (χ2v) is 8.27. The summed E-state index contributed by atoms with van der Waals surface area (Å²) < 4.78 is 48.1. The van der Waals surface area contributed by atoms with Gasteiger partial charge in [-0.2, -0.15) is 0 Å². The van der Waals surface area contributed by atoms with Gasteiger partial charge in [0.05, 0.1) is 6.61 Å². The van der Waals surface area contributed by atoms with Gasteiger partial charge in [0.25, 0.3) is 0 Å². The summed E-state index contributed by atoms with van der Waals surface area (Å²) in [6.45, 7) is 4.33. The molecule has 0 aliphatic heterocycles. The van der Waals surface area contributed by atoms with E-state index in [-0.39, 0.29) is 5.82 Å². The Labute approximate surface area is 189 Å². The Morgan fingerprint density at radius 2 is 1.50 bits per heavy atom. The third-order valence-electron chi connectivity index (χ3n) is 5.76. The van der Waals surface area contributed by atoms with Crippen LogP contribution in [0.15, 0.2) is 54.6 Å². The molecule has 0 bridgehead atoms. The molecule has 0 saturated heterocycles. The van der Waals surface area contributed by atoms with Gasteiger partial charge in [0.2, 0.25) is 0 Å². The van der Waals surface area contributed by atoms with Gasteiger partial charge >= 0.3 is 0 Å². The Hall–Kier alpha value is -2.75. The third kappa shape index (κ3) is 6.38. The molecule has 3 rings (SSSR count). The Morgan fingerprint density at radius 3 is 2.22 bits per heavy atom. The highest BCUT2D eigenvalue weighted by atomic mass is 19.2. The van der Waals surface area contributed by atoms with Crippen molar-refractivity contribution in [1.82, 2.24) is 0 Å². The topological polar surface area (TPSA) is 9.23 Å². The molecule has 0 saturated carbocycles. The summed E-state index contributed by atoms with van der Waals surface area (Å²) in [5.41, 5.74) is 2.94. The number of unbranched alkanes of at least 4 members (excludes halogenated alkanes) is 4. The largest absolute Gasteiger partial charge is 0.493 e. The van der Waals surface area contributed by atoms with Crippen LogP contribution in [0, 0.1) is 24.4 Å². The van der Waals surface area contributed by atoms with Crippen LogP contribution in [0.2, 0.25) is 0 Å². The van der Waals surface area contributed by atoms with Crippen molar-refractivity contribution in [2.75, 3.05) is 6.61 Å². The summed E-state index contributed by atoms with van der Waals surface area (Å²) >= 11 is 0. The first-order chi connectivity index (χ1) is 15.5. The Kier molecular flexibility index (Phi) is 8.78. The first kappa shape index (κ1) is 23.9. The highest BCUT2D eigenvalue weighted by molar-refractivity contribution is 5.65. The summed E-state index contributed by atoms with van der Waals surface area (Å²) in [6, 6.07) is 15.7. The molecule has 3 aromatic rings. The molecule has 32 heavy (non-hydrogen) atoms. The van der Waals surface area contributed by atoms with Gasteiger partial charge in [-0.25, -0.2) is 13.2 Å². The van der Waals surface area contributed by atoms with Crippen LogP contribution in [-0.4, -0.2) is 6.61 Å². The molecule has 0 unspecified atom stereocenters. The molecule has 0 heterocycles. The van der Waals surface area contributed by atoms with Crippen LogP contribution in [0.3, 0.4) is 0 Å². The van der Waals surface area contributed by atoms with Crippen molar-refractivity contribution < 1.29 is 17.9 Å². The van der Waals surface area contributed by atoms with E-state index in [0.717, 1.165) is 24.0 Å². The highest BCUT2D eigenvalue weighted by Gasteiger charge is 2.11. The Balaban J connectivity index is 1.56. The van der Waals surface area contributed by atoms with Crippen LogP contribution in [0.4, 0.5) is 13.2 Å². The van der Waals surface area contributed by atoms with Crippen LogP contribution < -0.4 is 4.74 Å². The molecule has 0 aliphatic carbocycles. The smallest absolute Gasteiger partial charge is 0.162 e. The number of halogens is 3. The minimum Gasteiger partial charge on any atom is -0.493 e. The zero-order valence-electron chi connectivity index (χ0n) is 18.9. The molecule has 0 aromatic heterocycles. The van der Waals surface area contributed by atoms with Crippen molar-refractivity contribution in [2.24, 2.45) is 0 Å². The second kappa shape index (κ2) is 11.8. The van der Waals surface area contributed by atoms with Gasteiger partial charge in [-0.15, -0.1) is 0 Å². The molecule has 0 fully saturated rings. The molecule has 0 aliphatic rings. The molecule has 4 heteroatoms. The Morgan fingerprint density at radius 1 is 0.750 bits per heavy atom. The van der Waals surface area contributed by atoms with Crippen LogP contribution in [-0.2, 0) is 12.8 Å². The lowest BCUT2D eigenvalue weighted by atomic mass is 9.99. The average Bonchev–Trinajstić information content (AvgIpc) is 2.80. The summed E-state index contributed by atoms with van der Waals surface area (Å²) in [6.07, 6.45) is 6.74. The monoisotopic (exact) mass is 440 g/mol. The molecule has 0 N–H and O–H groups in total. The standard InChI is InChI=1S/C28H31F3O/c1-3-4-5-6-7-18-32-24-16-17-25(26(29)19-24)22-13-9-21(10-14-22)11-15-23-12-8-20(2)27(30)28(23)31/h8-10,12-14,16-17,19H,3-7,11,15,18H2,1-2H3. The van der Waals surface area contributed by atoms with Gasteiger partial charge in [-0.3, -0.25) is 0 Å². The van der Waals surface area contributed by atoms with E-state index in [1.165, 1.54) is 25.3 Å².